The van der Waals surface area contributed by atoms with E-state index in [1.807, 2.05) is 6.20 Å². The van der Waals surface area contributed by atoms with Crippen LogP contribution in [0.25, 0.3) is 0 Å². The second kappa shape index (κ2) is 7.17. The molecule has 2 N–H and O–H groups in total. The number of quaternary nitrogens is 1. The van der Waals surface area contributed by atoms with Crippen LogP contribution in [0.2, 0.25) is 0 Å². The van der Waals surface area contributed by atoms with Crippen molar-refractivity contribution in [2.45, 2.75) is 19.3 Å². The molecule has 7 heteroatoms. The minimum atomic E-state index is -0.249. The number of hydrogen-bond acceptors (Lipinski definition) is 4. The highest BCUT2D eigenvalue weighted by atomic mass is 35.5. The molecule has 1 fully saturated rings. The molecule has 0 radical (unpaired) electrons. The summed E-state index contributed by atoms with van der Waals surface area (Å²) < 4.78 is 13.4. The van der Waals surface area contributed by atoms with E-state index in [1.54, 1.807) is 12.1 Å². The van der Waals surface area contributed by atoms with E-state index in [-0.39, 0.29) is 22.8 Å². The molecule has 0 amide bonds. The monoisotopic (exact) mass is 326 g/mol. The van der Waals surface area contributed by atoms with Crippen LogP contribution in [0.15, 0.2) is 46.6 Å². The highest BCUT2D eigenvalue weighted by molar-refractivity contribution is 5.85. The maximum atomic E-state index is 13.1. The number of nitrogens with zero attached hydrogens (tertiary/aromatic N) is 4. The molecule has 0 bridgehead atoms. The van der Waals surface area contributed by atoms with Crippen molar-refractivity contribution in [3.05, 3.63) is 42.1 Å². The Labute approximate surface area is 136 Å². The Hall–Kier alpha value is -1.50. The van der Waals surface area contributed by atoms with Gasteiger partial charge in [-0.3, -0.25) is 4.90 Å². The minimum absolute atomic E-state index is 0. The van der Waals surface area contributed by atoms with Gasteiger partial charge in [0.05, 0.1) is 6.54 Å². The summed E-state index contributed by atoms with van der Waals surface area (Å²) in [6, 6.07) is 6.40. The van der Waals surface area contributed by atoms with Gasteiger partial charge >= 0.3 is 0 Å². The number of hydrogen-bond donors (Lipinski definition) is 1. The molecule has 1 unspecified atom stereocenters. The van der Waals surface area contributed by atoms with Gasteiger partial charge in [-0.1, -0.05) is 11.5 Å². The van der Waals surface area contributed by atoms with E-state index in [2.05, 4.69) is 15.2 Å². The first-order valence-corrected chi connectivity index (χ1v) is 7.46. The molecule has 5 nitrogen and oxygen atoms in total. The first-order chi connectivity index (χ1) is 10.2. The number of piperidine rings is 1. The minimum Gasteiger partial charge on any atom is -0.378 e. The fourth-order valence-corrected chi connectivity index (χ4v) is 2.94. The molecule has 2 aliphatic rings. The summed E-state index contributed by atoms with van der Waals surface area (Å²) >= 11 is 0. The van der Waals surface area contributed by atoms with Crippen LogP contribution in [0.1, 0.15) is 19.3 Å². The summed E-state index contributed by atoms with van der Waals surface area (Å²) in [4.78, 5) is 2.45. The maximum absolute atomic E-state index is 13.1. The summed E-state index contributed by atoms with van der Waals surface area (Å²) in [5, 5.41) is 8.30. The number of rotatable bonds is 4. The smallest absolute Gasteiger partial charge is 0.208 e. The van der Waals surface area contributed by atoms with Gasteiger partial charge in [0, 0.05) is 17.4 Å². The van der Waals surface area contributed by atoms with Crippen molar-refractivity contribution in [3.8, 4) is 0 Å². The van der Waals surface area contributed by atoms with Gasteiger partial charge in [0.25, 0.3) is 0 Å². The van der Waals surface area contributed by atoms with Crippen LogP contribution in [0.4, 0.5) is 10.1 Å². The van der Waals surface area contributed by atoms with E-state index in [9.17, 15) is 4.39 Å². The summed E-state index contributed by atoms with van der Waals surface area (Å²) in [5.74, 6) is 0.166. The zero-order chi connectivity index (χ0) is 14.7. The molecule has 2 aliphatic heterocycles. The average Bonchev–Trinajstić information content (AvgIpc) is 2.90. The lowest BCUT2D eigenvalue weighted by atomic mass is 10.1. The lowest BCUT2D eigenvalue weighted by molar-refractivity contribution is 0.205. The van der Waals surface area contributed by atoms with Crippen LogP contribution in [0.5, 0.6) is 0 Å². The second-order valence-corrected chi connectivity index (χ2v) is 5.67. The first-order valence-electron chi connectivity index (χ1n) is 7.46. The highest BCUT2D eigenvalue weighted by Crippen LogP contribution is 2.30. The van der Waals surface area contributed by atoms with E-state index in [0.29, 0.717) is 5.82 Å². The standard InChI is InChI=1S/C15H21FN5.ClH/c16-13-4-6-14(7-5-13)21(12-15(17)18-19-21)11-10-20-8-2-1-3-9-20;/h4-7,12H,1-3,8-11,17H2;1H/q+1;. The van der Waals surface area contributed by atoms with Gasteiger partial charge < -0.3 is 5.73 Å². The molecule has 1 atom stereocenters. The van der Waals surface area contributed by atoms with Gasteiger partial charge in [-0.2, -0.15) is 0 Å². The molecule has 22 heavy (non-hydrogen) atoms. The van der Waals surface area contributed by atoms with Crippen LogP contribution in [-0.2, 0) is 0 Å². The Morgan fingerprint density at radius 3 is 2.41 bits per heavy atom. The molecule has 0 aromatic heterocycles. The van der Waals surface area contributed by atoms with Gasteiger partial charge in [-0.15, -0.1) is 17.0 Å². The Balaban J connectivity index is 0.00000176. The van der Waals surface area contributed by atoms with Crippen LogP contribution in [0, 0.1) is 5.82 Å². The van der Waals surface area contributed by atoms with Crippen molar-refractivity contribution in [2.24, 2.45) is 16.1 Å². The largest absolute Gasteiger partial charge is 0.378 e. The van der Waals surface area contributed by atoms with Gasteiger partial charge in [0.15, 0.2) is 11.9 Å². The second-order valence-electron chi connectivity index (χ2n) is 5.67. The predicted molar refractivity (Wildman–Crippen MR) is 87.7 cm³/mol. The van der Waals surface area contributed by atoms with Crippen molar-refractivity contribution in [3.63, 3.8) is 0 Å². The third-order valence-electron chi connectivity index (χ3n) is 4.15. The molecular formula is C15H22ClFN5+. The van der Waals surface area contributed by atoms with E-state index >= 15 is 0 Å². The topological polar surface area (TPSA) is 54.0 Å². The summed E-state index contributed by atoms with van der Waals surface area (Å²) in [7, 11) is 0. The Kier molecular flexibility index (Phi) is 5.50. The van der Waals surface area contributed by atoms with Gasteiger partial charge in [-0.05, 0) is 38.1 Å². The molecule has 120 valence electrons. The summed E-state index contributed by atoms with van der Waals surface area (Å²) in [6.45, 7) is 3.97. The van der Waals surface area contributed by atoms with Crippen molar-refractivity contribution < 1.29 is 4.39 Å². The fraction of sp³-hybridized carbons (Fsp3) is 0.467. The van der Waals surface area contributed by atoms with Crippen molar-refractivity contribution in [1.29, 1.82) is 0 Å². The van der Waals surface area contributed by atoms with Gasteiger partial charge in [0.2, 0.25) is 5.82 Å². The van der Waals surface area contributed by atoms with Crippen molar-refractivity contribution in [1.82, 2.24) is 9.49 Å². The third kappa shape index (κ3) is 3.63. The average molecular weight is 327 g/mol. The molecule has 3 rings (SSSR count). The Bertz CT molecular complexity index is 554. The molecule has 1 aromatic carbocycles. The van der Waals surface area contributed by atoms with Crippen molar-refractivity contribution >= 4 is 18.1 Å². The summed E-state index contributed by atoms with van der Waals surface area (Å²) in [5.41, 5.74) is 6.67. The highest BCUT2D eigenvalue weighted by Gasteiger charge is 2.35. The SMILES string of the molecule is Cl.NC1=C[N+](CCN2CCCCC2)(c2ccc(F)cc2)N=N1. The zero-order valence-corrected chi connectivity index (χ0v) is 13.3. The number of nitrogens with two attached hydrogens (primary N) is 1. The third-order valence-corrected chi connectivity index (χ3v) is 4.15. The summed E-state index contributed by atoms with van der Waals surface area (Å²) in [6.07, 6.45) is 5.67. The van der Waals surface area contributed by atoms with E-state index in [4.69, 9.17) is 5.73 Å². The van der Waals surface area contributed by atoms with Gasteiger partial charge in [0.1, 0.15) is 12.4 Å². The Morgan fingerprint density at radius 1 is 1.14 bits per heavy atom. The van der Waals surface area contributed by atoms with Crippen LogP contribution < -0.4 is 10.3 Å². The van der Waals surface area contributed by atoms with Crippen LogP contribution in [-0.4, -0.2) is 31.1 Å². The molecule has 1 saturated heterocycles. The van der Waals surface area contributed by atoms with E-state index in [0.717, 1.165) is 31.9 Å². The number of likely N-dealkylation sites (tertiary alicyclic amines) is 1. The molecule has 2 heterocycles. The van der Waals surface area contributed by atoms with Crippen molar-refractivity contribution in [2.75, 3.05) is 26.2 Å². The molecule has 0 aliphatic carbocycles. The lowest BCUT2D eigenvalue weighted by Gasteiger charge is -2.30. The van der Waals surface area contributed by atoms with Gasteiger partial charge in [-0.25, -0.2) is 4.39 Å². The molecule has 1 aromatic rings. The fourth-order valence-electron chi connectivity index (χ4n) is 2.94. The molecular weight excluding hydrogens is 305 g/mol. The van der Waals surface area contributed by atoms with Crippen LogP contribution in [0.3, 0.4) is 0 Å². The molecule has 0 saturated carbocycles. The van der Waals surface area contributed by atoms with E-state index < -0.39 is 0 Å². The van der Waals surface area contributed by atoms with Crippen LogP contribution >= 0.6 is 12.4 Å². The normalized spacial score (nSPS) is 24.9. The number of halogens is 2. The number of benzene rings is 1. The lowest BCUT2D eigenvalue weighted by Crippen LogP contribution is -2.44. The first kappa shape index (κ1) is 16.9. The van der Waals surface area contributed by atoms with E-state index in [1.165, 1.54) is 31.4 Å². The molecule has 0 spiro atoms. The quantitative estimate of drug-likeness (QED) is 0.864. The predicted octanol–water partition coefficient (Wildman–Crippen LogP) is 3.18. The maximum Gasteiger partial charge on any atom is 0.208 e. The zero-order valence-electron chi connectivity index (χ0n) is 12.5. The Morgan fingerprint density at radius 2 is 1.82 bits per heavy atom.